The van der Waals surface area contributed by atoms with Gasteiger partial charge in [0.05, 0.1) is 11.4 Å². The Hall–Kier alpha value is -1.53. The zero-order valence-electron chi connectivity index (χ0n) is 10.5. The Bertz CT molecular complexity index is 538. The van der Waals surface area contributed by atoms with Gasteiger partial charge in [-0.2, -0.15) is 4.98 Å². The molecule has 1 saturated heterocycles. The molecule has 0 N–H and O–H groups in total. The minimum absolute atomic E-state index is 0.147. The molecule has 1 atom stereocenters. The average molecular weight is 277 g/mol. The highest BCUT2D eigenvalue weighted by atomic mass is 32.1. The standard InChI is InChI=1S/C13H15N3O2S/c17-9-10-3-1-5-16(7-10)8-12-14-13(15-18-12)11-4-2-6-19-11/h2,4,6,9-10H,1,3,5,7-8H2. The summed E-state index contributed by atoms with van der Waals surface area (Å²) in [6.45, 7) is 2.41. The molecule has 100 valence electrons. The van der Waals surface area contributed by atoms with Gasteiger partial charge in [0.25, 0.3) is 0 Å². The van der Waals surface area contributed by atoms with Crippen LogP contribution in [0.15, 0.2) is 22.0 Å². The minimum Gasteiger partial charge on any atom is -0.338 e. The summed E-state index contributed by atoms with van der Waals surface area (Å²) in [7, 11) is 0. The zero-order chi connectivity index (χ0) is 13.1. The molecule has 1 unspecified atom stereocenters. The molecule has 3 rings (SSSR count). The lowest BCUT2D eigenvalue weighted by atomic mass is 10.00. The van der Waals surface area contributed by atoms with E-state index in [1.165, 1.54) is 0 Å². The van der Waals surface area contributed by atoms with Crippen LogP contribution in [0.1, 0.15) is 18.7 Å². The van der Waals surface area contributed by atoms with Crippen LogP contribution in [0.25, 0.3) is 10.7 Å². The van der Waals surface area contributed by atoms with Gasteiger partial charge in [-0.05, 0) is 30.8 Å². The van der Waals surface area contributed by atoms with Crippen molar-refractivity contribution >= 4 is 17.6 Å². The molecule has 1 aliphatic rings. The number of carbonyl (C=O) groups excluding carboxylic acids is 1. The molecule has 1 aliphatic heterocycles. The molecule has 0 radical (unpaired) electrons. The number of rotatable bonds is 4. The Balaban J connectivity index is 1.65. The van der Waals surface area contributed by atoms with Gasteiger partial charge in [0, 0.05) is 12.5 Å². The second kappa shape index (κ2) is 5.63. The van der Waals surface area contributed by atoms with Gasteiger partial charge in [0.15, 0.2) is 0 Å². The molecule has 5 nitrogen and oxygen atoms in total. The highest BCUT2D eigenvalue weighted by Gasteiger charge is 2.21. The van der Waals surface area contributed by atoms with Crippen molar-refractivity contribution in [2.75, 3.05) is 13.1 Å². The van der Waals surface area contributed by atoms with E-state index in [2.05, 4.69) is 15.0 Å². The van der Waals surface area contributed by atoms with Crippen molar-refractivity contribution < 1.29 is 9.32 Å². The van der Waals surface area contributed by atoms with Gasteiger partial charge in [0.2, 0.25) is 11.7 Å². The third-order valence-corrected chi connectivity index (χ3v) is 4.17. The van der Waals surface area contributed by atoms with E-state index in [9.17, 15) is 4.79 Å². The average Bonchev–Trinajstić information content (AvgIpc) is 3.09. The normalized spacial score (nSPS) is 20.5. The molecule has 0 aliphatic carbocycles. The molecule has 2 aromatic heterocycles. The highest BCUT2D eigenvalue weighted by molar-refractivity contribution is 7.13. The summed E-state index contributed by atoms with van der Waals surface area (Å²) in [5, 5.41) is 5.98. The molecule has 0 saturated carbocycles. The van der Waals surface area contributed by atoms with Crippen LogP contribution in [0, 0.1) is 5.92 Å². The lowest BCUT2D eigenvalue weighted by molar-refractivity contribution is -0.112. The van der Waals surface area contributed by atoms with Crippen molar-refractivity contribution in [3.63, 3.8) is 0 Å². The second-order valence-electron chi connectivity index (χ2n) is 4.76. The van der Waals surface area contributed by atoms with Crippen molar-refractivity contribution in [2.45, 2.75) is 19.4 Å². The van der Waals surface area contributed by atoms with E-state index in [4.69, 9.17) is 4.52 Å². The summed E-state index contributed by atoms with van der Waals surface area (Å²) < 4.78 is 5.28. The van der Waals surface area contributed by atoms with Crippen LogP contribution in [0.2, 0.25) is 0 Å². The van der Waals surface area contributed by atoms with Crippen molar-refractivity contribution in [1.82, 2.24) is 15.0 Å². The van der Waals surface area contributed by atoms with Crippen LogP contribution in [0.3, 0.4) is 0 Å². The molecule has 0 amide bonds. The molecule has 2 aromatic rings. The molecule has 6 heteroatoms. The number of thiophene rings is 1. The maximum Gasteiger partial charge on any atom is 0.241 e. The summed E-state index contributed by atoms with van der Waals surface area (Å²) in [5.41, 5.74) is 0. The van der Waals surface area contributed by atoms with Crippen LogP contribution in [0.4, 0.5) is 0 Å². The number of carbonyl (C=O) groups is 1. The van der Waals surface area contributed by atoms with Crippen molar-refractivity contribution in [3.05, 3.63) is 23.4 Å². The fourth-order valence-corrected chi connectivity index (χ4v) is 3.01. The van der Waals surface area contributed by atoms with Gasteiger partial charge >= 0.3 is 0 Å². The van der Waals surface area contributed by atoms with E-state index in [0.29, 0.717) is 18.3 Å². The monoisotopic (exact) mass is 277 g/mol. The summed E-state index contributed by atoms with van der Waals surface area (Å²) in [6.07, 6.45) is 3.09. The van der Waals surface area contributed by atoms with Gasteiger partial charge in [-0.25, -0.2) is 0 Å². The lowest BCUT2D eigenvalue weighted by Crippen LogP contribution is -2.35. The number of aldehydes is 1. The third kappa shape index (κ3) is 2.90. The Morgan fingerprint density at radius 1 is 1.58 bits per heavy atom. The molecule has 3 heterocycles. The zero-order valence-corrected chi connectivity index (χ0v) is 11.3. The van der Waals surface area contributed by atoms with Crippen LogP contribution in [0.5, 0.6) is 0 Å². The molecule has 0 spiro atoms. The summed E-state index contributed by atoms with van der Waals surface area (Å²) in [4.78, 5) is 18.5. The Morgan fingerprint density at radius 2 is 2.53 bits per heavy atom. The Labute approximate surface area is 115 Å². The maximum atomic E-state index is 10.8. The molecule has 1 fully saturated rings. The number of aromatic nitrogens is 2. The number of nitrogens with zero attached hydrogens (tertiary/aromatic N) is 3. The van der Waals surface area contributed by atoms with Crippen molar-refractivity contribution in [2.24, 2.45) is 5.92 Å². The molecule has 0 bridgehead atoms. The number of hydrogen-bond donors (Lipinski definition) is 0. The van der Waals surface area contributed by atoms with E-state index in [1.807, 2.05) is 17.5 Å². The number of hydrogen-bond acceptors (Lipinski definition) is 6. The van der Waals surface area contributed by atoms with Crippen LogP contribution in [-0.2, 0) is 11.3 Å². The first-order chi connectivity index (χ1) is 9.35. The SMILES string of the molecule is O=CC1CCCN(Cc2nc(-c3cccs3)no2)C1. The fraction of sp³-hybridized carbons (Fsp3) is 0.462. The van der Waals surface area contributed by atoms with Crippen LogP contribution >= 0.6 is 11.3 Å². The van der Waals surface area contributed by atoms with Crippen molar-refractivity contribution in [1.29, 1.82) is 0 Å². The second-order valence-corrected chi connectivity index (χ2v) is 5.71. The Morgan fingerprint density at radius 3 is 3.32 bits per heavy atom. The molecule has 19 heavy (non-hydrogen) atoms. The summed E-state index contributed by atoms with van der Waals surface area (Å²) >= 11 is 1.59. The van der Waals surface area contributed by atoms with Gasteiger partial charge in [-0.15, -0.1) is 11.3 Å². The van der Waals surface area contributed by atoms with Gasteiger partial charge in [-0.3, -0.25) is 4.90 Å². The first-order valence-corrected chi connectivity index (χ1v) is 7.27. The van der Waals surface area contributed by atoms with E-state index in [0.717, 1.165) is 37.1 Å². The van der Waals surface area contributed by atoms with Gasteiger partial charge < -0.3 is 9.32 Å². The predicted octanol–water partition coefficient (Wildman–Crippen LogP) is 2.21. The summed E-state index contributed by atoms with van der Waals surface area (Å²) in [5.74, 6) is 1.41. The minimum atomic E-state index is 0.147. The third-order valence-electron chi connectivity index (χ3n) is 3.30. The van der Waals surface area contributed by atoms with Crippen LogP contribution in [-0.4, -0.2) is 34.4 Å². The maximum absolute atomic E-state index is 10.8. The fourth-order valence-electron chi connectivity index (χ4n) is 2.36. The first kappa shape index (κ1) is 12.5. The first-order valence-electron chi connectivity index (χ1n) is 6.39. The van der Waals surface area contributed by atoms with E-state index in [-0.39, 0.29) is 5.92 Å². The Kier molecular flexibility index (Phi) is 3.70. The van der Waals surface area contributed by atoms with Gasteiger partial charge in [-0.1, -0.05) is 11.2 Å². The van der Waals surface area contributed by atoms with Crippen molar-refractivity contribution in [3.8, 4) is 10.7 Å². The summed E-state index contributed by atoms with van der Waals surface area (Å²) in [6, 6.07) is 3.94. The van der Waals surface area contributed by atoms with Crippen LogP contribution < -0.4 is 0 Å². The molecular formula is C13H15N3O2S. The molecule has 0 aromatic carbocycles. The van der Waals surface area contributed by atoms with E-state index >= 15 is 0 Å². The van der Waals surface area contributed by atoms with Gasteiger partial charge in [0.1, 0.15) is 6.29 Å². The highest BCUT2D eigenvalue weighted by Crippen LogP contribution is 2.22. The lowest BCUT2D eigenvalue weighted by Gasteiger charge is -2.28. The number of piperidine rings is 1. The molecular weight excluding hydrogens is 262 g/mol. The quantitative estimate of drug-likeness (QED) is 0.802. The topological polar surface area (TPSA) is 59.2 Å². The van der Waals surface area contributed by atoms with E-state index < -0.39 is 0 Å². The largest absolute Gasteiger partial charge is 0.338 e. The van der Waals surface area contributed by atoms with E-state index in [1.54, 1.807) is 11.3 Å². The smallest absolute Gasteiger partial charge is 0.241 e. The predicted molar refractivity (Wildman–Crippen MR) is 71.7 cm³/mol. The number of likely N-dealkylation sites (tertiary alicyclic amines) is 1.